The Balaban J connectivity index is 1.48. The Kier molecular flexibility index (Phi) is 9.98. The zero-order valence-electron chi connectivity index (χ0n) is 27.7. The van der Waals surface area contributed by atoms with Crippen LogP contribution in [-0.2, 0) is 38.4 Å². The number of carbonyl (C=O) groups excluding carboxylic acids is 2. The van der Waals surface area contributed by atoms with Gasteiger partial charge in [0.25, 0.3) is 5.91 Å². The summed E-state index contributed by atoms with van der Waals surface area (Å²) in [5.41, 5.74) is 2.68. The summed E-state index contributed by atoms with van der Waals surface area (Å²) < 4.78 is 3.87. The van der Waals surface area contributed by atoms with Crippen molar-refractivity contribution < 1.29 is 9.59 Å². The number of amides is 2. The molecule has 46 heavy (non-hydrogen) atoms. The lowest BCUT2D eigenvalue weighted by Crippen LogP contribution is -2.38. The molecule has 1 saturated carbocycles. The number of pyridine rings is 1. The molecule has 3 aromatic heterocycles. The molecular formula is C34H44Cl2N8O2. The maximum Gasteiger partial charge on any atom is 0.255 e. The van der Waals surface area contributed by atoms with Crippen molar-refractivity contribution in [2.75, 3.05) is 11.9 Å². The highest BCUT2D eigenvalue weighted by molar-refractivity contribution is 6.36. The van der Waals surface area contributed by atoms with E-state index in [-0.39, 0.29) is 24.4 Å². The van der Waals surface area contributed by atoms with Crippen molar-refractivity contribution >= 4 is 52.0 Å². The molecule has 0 bridgehead atoms. The molecule has 1 aliphatic carbocycles. The molecule has 0 saturated heterocycles. The standard InChI is InChI=1S/C34H44Cl2N8O2/c1-20-8-11-22(12-9-20)39-32(45)24-16-26-31(41-30(24)43(6)19-28-37-14-15-42(28)5)44(7)27(40-26)17-23-25(35)13-10-21(29(23)36)18-38-33(46)34(2,3)4/h10,13-16,20,22H,8-9,11-12,17-19H2,1-7H3,(H,38,46)(H,39,45). The number of anilines is 1. The molecule has 0 spiro atoms. The Morgan fingerprint density at radius 3 is 2.43 bits per heavy atom. The van der Waals surface area contributed by atoms with Crippen LogP contribution in [0.3, 0.4) is 0 Å². The van der Waals surface area contributed by atoms with Gasteiger partial charge in [0.05, 0.1) is 17.1 Å². The van der Waals surface area contributed by atoms with Crippen LogP contribution in [0, 0.1) is 11.3 Å². The van der Waals surface area contributed by atoms with Gasteiger partial charge in [0.2, 0.25) is 5.91 Å². The van der Waals surface area contributed by atoms with Gasteiger partial charge in [0.1, 0.15) is 23.0 Å². The molecule has 0 atom stereocenters. The van der Waals surface area contributed by atoms with E-state index in [1.165, 1.54) is 0 Å². The van der Waals surface area contributed by atoms with E-state index in [9.17, 15) is 9.59 Å². The van der Waals surface area contributed by atoms with Gasteiger partial charge in [0, 0.05) is 63.0 Å². The topological polar surface area (TPSA) is 110 Å². The van der Waals surface area contributed by atoms with E-state index in [1.54, 1.807) is 12.3 Å². The number of fused-ring (bicyclic) bond motifs is 1. The van der Waals surface area contributed by atoms with Crippen LogP contribution in [0.2, 0.25) is 10.0 Å². The van der Waals surface area contributed by atoms with Gasteiger partial charge in [0.15, 0.2) is 5.65 Å². The molecule has 0 unspecified atom stereocenters. The maximum atomic E-state index is 13.8. The second kappa shape index (κ2) is 13.6. The summed E-state index contributed by atoms with van der Waals surface area (Å²) in [7, 11) is 5.77. The smallest absolute Gasteiger partial charge is 0.255 e. The lowest BCUT2D eigenvalue weighted by Gasteiger charge is -2.27. The molecule has 0 radical (unpaired) electrons. The van der Waals surface area contributed by atoms with Gasteiger partial charge < -0.3 is 24.7 Å². The number of aromatic nitrogens is 5. The molecule has 3 heterocycles. The van der Waals surface area contributed by atoms with Crippen molar-refractivity contribution in [1.29, 1.82) is 0 Å². The van der Waals surface area contributed by atoms with Gasteiger partial charge in [-0.3, -0.25) is 9.59 Å². The number of nitrogens with one attached hydrogen (secondary N) is 2. The van der Waals surface area contributed by atoms with E-state index in [1.807, 2.05) is 74.3 Å². The van der Waals surface area contributed by atoms with Crippen molar-refractivity contribution in [2.45, 2.75) is 78.9 Å². The van der Waals surface area contributed by atoms with Gasteiger partial charge in [-0.1, -0.05) is 57.0 Å². The summed E-state index contributed by atoms with van der Waals surface area (Å²) in [5.74, 6) is 2.56. The van der Waals surface area contributed by atoms with E-state index >= 15 is 0 Å². The quantitative estimate of drug-likeness (QED) is 0.220. The van der Waals surface area contributed by atoms with Gasteiger partial charge in [-0.05, 0) is 54.9 Å². The molecule has 1 aromatic carbocycles. The van der Waals surface area contributed by atoms with Gasteiger partial charge >= 0.3 is 0 Å². The number of imidazole rings is 2. The lowest BCUT2D eigenvalue weighted by molar-refractivity contribution is -0.128. The van der Waals surface area contributed by atoms with E-state index in [2.05, 4.69) is 22.5 Å². The Morgan fingerprint density at radius 1 is 1.07 bits per heavy atom. The maximum absolute atomic E-state index is 13.8. The summed E-state index contributed by atoms with van der Waals surface area (Å²) in [5, 5.41) is 7.23. The summed E-state index contributed by atoms with van der Waals surface area (Å²) in [6.45, 7) is 8.62. The number of carbonyl (C=O) groups is 2. The summed E-state index contributed by atoms with van der Waals surface area (Å²) in [4.78, 5) is 42.7. The van der Waals surface area contributed by atoms with E-state index in [0.717, 1.165) is 37.1 Å². The predicted molar refractivity (Wildman–Crippen MR) is 183 cm³/mol. The lowest BCUT2D eigenvalue weighted by atomic mass is 9.87. The molecule has 246 valence electrons. The Hall–Kier alpha value is -3.63. The van der Waals surface area contributed by atoms with E-state index in [4.69, 9.17) is 33.2 Å². The fraction of sp³-hybridized carbons (Fsp3) is 0.500. The minimum atomic E-state index is -0.517. The van der Waals surface area contributed by atoms with Crippen LogP contribution in [0.25, 0.3) is 11.2 Å². The van der Waals surface area contributed by atoms with Crippen LogP contribution in [0.15, 0.2) is 30.6 Å². The number of hydrogen-bond acceptors (Lipinski definition) is 6. The fourth-order valence-electron chi connectivity index (χ4n) is 5.81. The predicted octanol–water partition coefficient (Wildman–Crippen LogP) is 6.21. The van der Waals surface area contributed by atoms with Crippen LogP contribution in [0.5, 0.6) is 0 Å². The first-order valence-electron chi connectivity index (χ1n) is 15.8. The van der Waals surface area contributed by atoms with Crippen molar-refractivity contribution in [3.05, 3.63) is 69.0 Å². The average molecular weight is 668 g/mol. The molecule has 12 heteroatoms. The summed E-state index contributed by atoms with van der Waals surface area (Å²) >= 11 is 13.5. The number of rotatable bonds is 9. The zero-order valence-corrected chi connectivity index (χ0v) is 29.3. The van der Waals surface area contributed by atoms with E-state index in [0.29, 0.717) is 62.9 Å². The highest BCUT2D eigenvalue weighted by Crippen LogP contribution is 2.32. The third-order valence-corrected chi connectivity index (χ3v) is 9.72. The fourth-order valence-corrected chi connectivity index (χ4v) is 6.38. The Morgan fingerprint density at radius 2 is 1.78 bits per heavy atom. The molecule has 4 aromatic rings. The highest BCUT2D eigenvalue weighted by Gasteiger charge is 2.26. The number of benzene rings is 1. The van der Waals surface area contributed by atoms with Crippen molar-refractivity contribution in [3.8, 4) is 0 Å². The Bertz CT molecular complexity index is 1750. The number of aryl methyl sites for hydroxylation is 2. The van der Waals surface area contributed by atoms with Crippen LogP contribution < -0.4 is 15.5 Å². The molecule has 2 N–H and O–H groups in total. The first kappa shape index (κ1) is 33.7. The number of halogens is 2. The van der Waals surface area contributed by atoms with Crippen LogP contribution >= 0.6 is 23.2 Å². The summed E-state index contributed by atoms with van der Waals surface area (Å²) in [6.07, 6.45) is 8.14. The molecular weight excluding hydrogens is 623 g/mol. The molecule has 1 aliphatic rings. The first-order chi connectivity index (χ1) is 21.7. The third kappa shape index (κ3) is 7.33. The van der Waals surface area contributed by atoms with Crippen molar-refractivity contribution in [2.24, 2.45) is 25.4 Å². The minimum Gasteiger partial charge on any atom is -0.352 e. The summed E-state index contributed by atoms with van der Waals surface area (Å²) in [6, 6.07) is 5.59. The van der Waals surface area contributed by atoms with Crippen molar-refractivity contribution in [1.82, 2.24) is 34.7 Å². The minimum absolute atomic E-state index is 0.0666. The molecule has 5 rings (SSSR count). The monoisotopic (exact) mass is 666 g/mol. The van der Waals surface area contributed by atoms with Gasteiger partial charge in [-0.2, -0.15) is 0 Å². The van der Waals surface area contributed by atoms with Crippen LogP contribution in [0.4, 0.5) is 5.82 Å². The molecule has 1 fully saturated rings. The third-order valence-electron chi connectivity index (χ3n) is 8.90. The van der Waals surface area contributed by atoms with E-state index < -0.39 is 5.41 Å². The van der Waals surface area contributed by atoms with Gasteiger partial charge in [-0.25, -0.2) is 15.0 Å². The number of hydrogen-bond donors (Lipinski definition) is 2. The average Bonchev–Trinajstić information content (AvgIpc) is 3.55. The van der Waals surface area contributed by atoms with Gasteiger partial charge in [-0.15, -0.1) is 0 Å². The van der Waals surface area contributed by atoms with Crippen molar-refractivity contribution in [3.63, 3.8) is 0 Å². The highest BCUT2D eigenvalue weighted by atomic mass is 35.5. The second-order valence-corrected chi connectivity index (χ2v) is 14.4. The molecule has 2 amide bonds. The number of nitrogens with zero attached hydrogens (tertiary/aromatic N) is 6. The van der Waals surface area contributed by atoms with Crippen LogP contribution in [-0.4, -0.2) is 49.0 Å². The second-order valence-electron chi connectivity index (χ2n) is 13.6. The SMILES string of the molecule is CC1CCC(NC(=O)c2cc3nc(Cc4c(Cl)ccc(CNC(=O)C(C)(C)C)c4Cl)n(C)c3nc2N(C)Cc2nccn2C)CC1. The van der Waals surface area contributed by atoms with Crippen LogP contribution in [0.1, 0.15) is 86.5 Å². The normalized spacial score (nSPS) is 16.9. The first-order valence-corrected chi connectivity index (χ1v) is 16.6. The zero-order chi connectivity index (χ0) is 33.3. The molecule has 10 nitrogen and oxygen atoms in total. The Labute approximate surface area is 280 Å². The molecule has 0 aliphatic heterocycles. The largest absolute Gasteiger partial charge is 0.352 e.